The van der Waals surface area contributed by atoms with Crippen LogP contribution >= 0.6 is 23.4 Å². The standard InChI is InChI=1S/C14H22ClNOS/c1-3-13(16)10-11-9-12(15)5-6-14(11)17-7-4-8-18-2/h5-6,9,13H,3-4,7-8,10,16H2,1-2H3. The fourth-order valence-corrected chi connectivity index (χ4v) is 2.26. The Bertz CT molecular complexity index is 360. The number of halogens is 1. The van der Waals surface area contributed by atoms with Gasteiger partial charge >= 0.3 is 0 Å². The second-order valence-corrected chi connectivity index (χ2v) is 5.74. The second-order valence-electron chi connectivity index (χ2n) is 4.32. The molecule has 1 aromatic rings. The van der Waals surface area contributed by atoms with E-state index >= 15 is 0 Å². The number of rotatable bonds is 8. The highest BCUT2D eigenvalue weighted by atomic mass is 35.5. The van der Waals surface area contributed by atoms with Gasteiger partial charge in [-0.2, -0.15) is 11.8 Å². The van der Waals surface area contributed by atoms with Crippen LogP contribution in [0, 0.1) is 0 Å². The maximum atomic E-state index is 6.03. The third-order valence-corrected chi connectivity index (χ3v) is 3.71. The molecule has 0 radical (unpaired) electrons. The monoisotopic (exact) mass is 287 g/mol. The minimum Gasteiger partial charge on any atom is -0.493 e. The Labute approximate surface area is 119 Å². The summed E-state index contributed by atoms with van der Waals surface area (Å²) in [6, 6.07) is 5.93. The lowest BCUT2D eigenvalue weighted by Crippen LogP contribution is -2.21. The van der Waals surface area contributed by atoms with E-state index in [1.165, 1.54) is 0 Å². The summed E-state index contributed by atoms with van der Waals surface area (Å²) in [5.41, 5.74) is 7.11. The summed E-state index contributed by atoms with van der Waals surface area (Å²) in [7, 11) is 0. The van der Waals surface area contributed by atoms with Crippen LogP contribution in [0.3, 0.4) is 0 Å². The van der Waals surface area contributed by atoms with Gasteiger partial charge in [0.1, 0.15) is 5.75 Å². The number of thioether (sulfide) groups is 1. The Balaban J connectivity index is 2.64. The van der Waals surface area contributed by atoms with E-state index in [1.54, 1.807) is 0 Å². The maximum Gasteiger partial charge on any atom is 0.122 e. The molecule has 0 heterocycles. The topological polar surface area (TPSA) is 35.2 Å². The van der Waals surface area contributed by atoms with Crippen molar-refractivity contribution in [3.63, 3.8) is 0 Å². The molecule has 0 aromatic heterocycles. The number of hydrogen-bond acceptors (Lipinski definition) is 3. The predicted octanol–water partition coefficient (Wildman–Crippen LogP) is 3.75. The number of benzene rings is 1. The Morgan fingerprint density at radius 2 is 2.22 bits per heavy atom. The van der Waals surface area contributed by atoms with Gasteiger partial charge in [0.2, 0.25) is 0 Å². The Morgan fingerprint density at radius 1 is 1.44 bits per heavy atom. The van der Waals surface area contributed by atoms with Crippen molar-refractivity contribution in [2.75, 3.05) is 18.6 Å². The van der Waals surface area contributed by atoms with Gasteiger partial charge in [0.25, 0.3) is 0 Å². The van der Waals surface area contributed by atoms with E-state index < -0.39 is 0 Å². The van der Waals surface area contributed by atoms with E-state index in [1.807, 2.05) is 30.0 Å². The molecule has 4 heteroatoms. The SMILES string of the molecule is CCC(N)Cc1cc(Cl)ccc1OCCCSC. The molecule has 0 saturated heterocycles. The van der Waals surface area contributed by atoms with Gasteiger partial charge in [-0.05, 0) is 55.0 Å². The van der Waals surface area contributed by atoms with E-state index in [-0.39, 0.29) is 6.04 Å². The molecule has 0 aliphatic rings. The summed E-state index contributed by atoms with van der Waals surface area (Å²) in [4.78, 5) is 0. The Hall–Kier alpha value is -0.380. The summed E-state index contributed by atoms with van der Waals surface area (Å²) in [5, 5.41) is 0.741. The Morgan fingerprint density at radius 3 is 2.89 bits per heavy atom. The van der Waals surface area contributed by atoms with Crippen LogP contribution in [0.4, 0.5) is 0 Å². The van der Waals surface area contributed by atoms with Crippen LogP contribution in [0.25, 0.3) is 0 Å². The van der Waals surface area contributed by atoms with Crippen molar-refractivity contribution in [3.8, 4) is 5.75 Å². The first kappa shape index (κ1) is 15.7. The summed E-state index contributed by atoms with van der Waals surface area (Å²) in [6.45, 7) is 2.84. The first-order valence-corrected chi connectivity index (χ1v) is 8.10. The van der Waals surface area contributed by atoms with Crippen molar-refractivity contribution in [1.82, 2.24) is 0 Å². The van der Waals surface area contributed by atoms with Crippen LogP contribution in [-0.4, -0.2) is 24.7 Å². The molecule has 1 aromatic carbocycles. The van der Waals surface area contributed by atoms with Crippen molar-refractivity contribution in [1.29, 1.82) is 0 Å². The molecule has 0 bridgehead atoms. The molecule has 0 amide bonds. The van der Waals surface area contributed by atoms with Gasteiger partial charge in [0, 0.05) is 11.1 Å². The van der Waals surface area contributed by atoms with Crippen LogP contribution in [0.2, 0.25) is 5.02 Å². The summed E-state index contributed by atoms with van der Waals surface area (Å²) < 4.78 is 5.81. The summed E-state index contributed by atoms with van der Waals surface area (Å²) in [6.07, 6.45) is 4.93. The molecule has 18 heavy (non-hydrogen) atoms. The maximum absolute atomic E-state index is 6.03. The van der Waals surface area contributed by atoms with Crippen molar-refractivity contribution >= 4 is 23.4 Å². The highest BCUT2D eigenvalue weighted by molar-refractivity contribution is 7.98. The van der Waals surface area contributed by atoms with Crippen molar-refractivity contribution in [2.24, 2.45) is 5.73 Å². The van der Waals surface area contributed by atoms with Gasteiger partial charge < -0.3 is 10.5 Å². The van der Waals surface area contributed by atoms with Crippen LogP contribution in [-0.2, 0) is 6.42 Å². The number of hydrogen-bond donors (Lipinski definition) is 1. The Kier molecular flexibility index (Phi) is 7.56. The first-order valence-electron chi connectivity index (χ1n) is 6.33. The molecule has 2 N–H and O–H groups in total. The van der Waals surface area contributed by atoms with Crippen molar-refractivity contribution in [3.05, 3.63) is 28.8 Å². The first-order chi connectivity index (χ1) is 8.67. The molecule has 0 saturated carbocycles. The number of nitrogens with two attached hydrogens (primary N) is 1. The highest BCUT2D eigenvalue weighted by Crippen LogP contribution is 2.24. The molecule has 0 aliphatic carbocycles. The van der Waals surface area contributed by atoms with E-state index in [0.29, 0.717) is 0 Å². The highest BCUT2D eigenvalue weighted by Gasteiger charge is 2.08. The molecule has 1 atom stereocenters. The minimum absolute atomic E-state index is 0.164. The zero-order chi connectivity index (χ0) is 13.4. The van der Waals surface area contributed by atoms with Crippen molar-refractivity contribution < 1.29 is 4.74 Å². The van der Waals surface area contributed by atoms with Gasteiger partial charge in [0.05, 0.1) is 6.61 Å². The molecular weight excluding hydrogens is 266 g/mol. The fourth-order valence-electron chi connectivity index (χ4n) is 1.66. The lowest BCUT2D eigenvalue weighted by atomic mass is 10.0. The zero-order valence-electron chi connectivity index (χ0n) is 11.1. The third kappa shape index (κ3) is 5.51. The molecular formula is C14H22ClNOS. The van der Waals surface area contributed by atoms with Crippen LogP contribution in [0.1, 0.15) is 25.3 Å². The van der Waals surface area contributed by atoms with Crippen LogP contribution < -0.4 is 10.5 Å². The summed E-state index contributed by atoms with van der Waals surface area (Å²) >= 11 is 7.86. The fraction of sp³-hybridized carbons (Fsp3) is 0.571. The molecule has 1 unspecified atom stereocenters. The normalized spacial score (nSPS) is 12.4. The van der Waals surface area contributed by atoms with Gasteiger partial charge in [-0.3, -0.25) is 0 Å². The molecule has 0 fully saturated rings. The van der Waals surface area contributed by atoms with E-state index in [0.717, 1.165) is 48.0 Å². The van der Waals surface area contributed by atoms with Crippen LogP contribution in [0.5, 0.6) is 5.75 Å². The van der Waals surface area contributed by atoms with Gasteiger partial charge in [-0.25, -0.2) is 0 Å². The average molecular weight is 288 g/mol. The van der Waals surface area contributed by atoms with Gasteiger partial charge in [-0.1, -0.05) is 18.5 Å². The largest absolute Gasteiger partial charge is 0.493 e. The van der Waals surface area contributed by atoms with E-state index in [2.05, 4.69) is 13.2 Å². The average Bonchev–Trinajstić information content (AvgIpc) is 2.36. The molecule has 2 nitrogen and oxygen atoms in total. The minimum atomic E-state index is 0.164. The van der Waals surface area contributed by atoms with Gasteiger partial charge in [0.15, 0.2) is 0 Å². The van der Waals surface area contributed by atoms with Crippen molar-refractivity contribution in [2.45, 2.75) is 32.2 Å². The van der Waals surface area contributed by atoms with Crippen LogP contribution in [0.15, 0.2) is 18.2 Å². The lowest BCUT2D eigenvalue weighted by Gasteiger charge is -2.14. The quantitative estimate of drug-likeness (QED) is 0.740. The molecule has 1 rings (SSSR count). The molecule has 0 spiro atoms. The predicted molar refractivity (Wildman–Crippen MR) is 81.9 cm³/mol. The lowest BCUT2D eigenvalue weighted by molar-refractivity contribution is 0.314. The molecule has 102 valence electrons. The molecule has 0 aliphatic heterocycles. The second kappa shape index (κ2) is 8.68. The summed E-state index contributed by atoms with van der Waals surface area (Å²) in [5.74, 6) is 2.04. The smallest absolute Gasteiger partial charge is 0.122 e. The zero-order valence-corrected chi connectivity index (χ0v) is 12.7. The number of ether oxygens (including phenoxy) is 1. The van der Waals surface area contributed by atoms with E-state index in [9.17, 15) is 0 Å². The van der Waals surface area contributed by atoms with Gasteiger partial charge in [-0.15, -0.1) is 0 Å². The third-order valence-electron chi connectivity index (χ3n) is 2.78. The van der Waals surface area contributed by atoms with E-state index in [4.69, 9.17) is 22.1 Å².